The van der Waals surface area contributed by atoms with Gasteiger partial charge < -0.3 is 15.1 Å². The largest absolute Gasteiger partial charge is 0.508 e. The number of nitrogens with zero attached hydrogens (tertiary/aromatic N) is 3. The number of phenolic OH excluding ortho intramolecular Hbond substituents is 2. The molecule has 0 atom stereocenters. The van der Waals surface area contributed by atoms with Crippen molar-refractivity contribution in [3.05, 3.63) is 58.1 Å². The van der Waals surface area contributed by atoms with Crippen molar-refractivity contribution in [2.24, 2.45) is 0 Å². The molecule has 2 aromatic rings. The van der Waals surface area contributed by atoms with Crippen LogP contribution in [0, 0.1) is 0 Å². The molecule has 2 N–H and O–H groups in total. The smallest absolute Gasteiger partial charge is 0.258 e. The molecule has 0 radical (unpaired) electrons. The van der Waals surface area contributed by atoms with E-state index in [-0.39, 0.29) is 28.9 Å². The summed E-state index contributed by atoms with van der Waals surface area (Å²) >= 11 is 0. The van der Waals surface area contributed by atoms with Gasteiger partial charge in [-0.3, -0.25) is 14.6 Å². The molecule has 0 bridgehead atoms. The van der Waals surface area contributed by atoms with Gasteiger partial charge in [-0.15, -0.1) is 0 Å². The first-order valence-corrected chi connectivity index (χ1v) is 11.6. The molecular formula is C26H35N3O3. The number of fused-ring (bicyclic) bond motifs is 1. The lowest BCUT2D eigenvalue weighted by Gasteiger charge is -2.37. The molecule has 0 aliphatic carbocycles. The zero-order valence-electron chi connectivity index (χ0n) is 19.6. The third kappa shape index (κ3) is 4.62. The van der Waals surface area contributed by atoms with Crippen molar-refractivity contribution in [3.63, 3.8) is 0 Å². The topological polar surface area (TPSA) is 67.3 Å². The summed E-state index contributed by atoms with van der Waals surface area (Å²) in [6.45, 7) is 14.8. The number of carbonyl (C=O) groups excluding carboxylic acids is 1. The molecule has 172 valence electrons. The van der Waals surface area contributed by atoms with E-state index in [0.29, 0.717) is 24.7 Å². The number of carbonyl (C=O) groups is 1. The summed E-state index contributed by atoms with van der Waals surface area (Å²) in [5.41, 5.74) is 4.55. The van der Waals surface area contributed by atoms with Gasteiger partial charge in [0.15, 0.2) is 0 Å². The van der Waals surface area contributed by atoms with Crippen LogP contribution >= 0.6 is 0 Å². The quantitative estimate of drug-likeness (QED) is 0.743. The van der Waals surface area contributed by atoms with Gasteiger partial charge in [-0.05, 0) is 48.1 Å². The minimum Gasteiger partial charge on any atom is -0.508 e. The van der Waals surface area contributed by atoms with Crippen molar-refractivity contribution in [1.82, 2.24) is 14.7 Å². The lowest BCUT2D eigenvalue weighted by Crippen LogP contribution is -2.48. The molecule has 2 aliphatic heterocycles. The van der Waals surface area contributed by atoms with Crippen LogP contribution in [0.4, 0.5) is 0 Å². The number of phenols is 2. The van der Waals surface area contributed by atoms with Crippen molar-refractivity contribution in [2.75, 3.05) is 26.2 Å². The Balaban J connectivity index is 1.44. The van der Waals surface area contributed by atoms with E-state index < -0.39 is 0 Å². The van der Waals surface area contributed by atoms with Crippen LogP contribution in [0.5, 0.6) is 11.5 Å². The fourth-order valence-corrected chi connectivity index (χ4v) is 4.78. The van der Waals surface area contributed by atoms with E-state index in [1.807, 2.05) is 13.8 Å². The van der Waals surface area contributed by atoms with Crippen molar-refractivity contribution in [3.8, 4) is 11.5 Å². The van der Waals surface area contributed by atoms with E-state index in [1.54, 1.807) is 11.0 Å². The normalized spacial score (nSPS) is 17.4. The summed E-state index contributed by atoms with van der Waals surface area (Å²) in [5, 5.41) is 20.4. The third-order valence-electron chi connectivity index (χ3n) is 6.82. The van der Waals surface area contributed by atoms with E-state index in [1.165, 1.54) is 17.2 Å². The van der Waals surface area contributed by atoms with Crippen LogP contribution in [0.15, 0.2) is 30.3 Å². The second-order valence-corrected chi connectivity index (χ2v) is 9.75. The fraction of sp³-hybridized carbons (Fsp3) is 0.500. The molecule has 6 heteroatoms. The van der Waals surface area contributed by atoms with E-state index in [9.17, 15) is 15.0 Å². The highest BCUT2D eigenvalue weighted by molar-refractivity contribution is 5.97. The lowest BCUT2D eigenvalue weighted by molar-refractivity contribution is 0.0748. The van der Waals surface area contributed by atoms with Crippen LogP contribution < -0.4 is 0 Å². The van der Waals surface area contributed by atoms with Crippen molar-refractivity contribution >= 4 is 5.91 Å². The van der Waals surface area contributed by atoms with Crippen LogP contribution in [0.2, 0.25) is 0 Å². The van der Waals surface area contributed by atoms with Gasteiger partial charge in [0.05, 0.1) is 5.56 Å². The Morgan fingerprint density at radius 3 is 2.25 bits per heavy atom. The van der Waals surface area contributed by atoms with Crippen LogP contribution in [0.3, 0.4) is 0 Å². The van der Waals surface area contributed by atoms with E-state index in [2.05, 4.69) is 41.8 Å². The molecule has 1 fully saturated rings. The van der Waals surface area contributed by atoms with E-state index in [0.717, 1.165) is 38.3 Å². The molecule has 32 heavy (non-hydrogen) atoms. The van der Waals surface area contributed by atoms with E-state index in [4.69, 9.17) is 0 Å². The molecule has 0 aromatic heterocycles. The summed E-state index contributed by atoms with van der Waals surface area (Å²) in [5.74, 6) is -0.290. The van der Waals surface area contributed by atoms with Crippen LogP contribution in [0.25, 0.3) is 0 Å². The Labute approximate surface area is 191 Å². The highest BCUT2D eigenvalue weighted by Gasteiger charge is 2.28. The van der Waals surface area contributed by atoms with Crippen molar-refractivity contribution in [2.45, 2.75) is 59.3 Å². The second kappa shape index (κ2) is 9.12. The van der Waals surface area contributed by atoms with Gasteiger partial charge in [0.1, 0.15) is 11.5 Å². The van der Waals surface area contributed by atoms with Crippen LogP contribution in [-0.2, 0) is 19.6 Å². The van der Waals surface area contributed by atoms with Gasteiger partial charge in [0.2, 0.25) is 0 Å². The standard InChI is InChI=1S/C26H35N3O3/c1-17(2)22-12-23(25(31)13-24(22)30)26(32)29-15-20-6-5-19(11-21(20)16-29)14-27-7-9-28(10-8-27)18(3)4/h5-6,11-13,17-18,30-31H,7-10,14-16H2,1-4H3. The Hall–Kier alpha value is -2.57. The predicted octanol–water partition coefficient (Wildman–Crippen LogP) is 3.90. The Morgan fingerprint density at radius 1 is 0.906 bits per heavy atom. The predicted molar refractivity (Wildman–Crippen MR) is 126 cm³/mol. The molecule has 2 aromatic carbocycles. The second-order valence-electron chi connectivity index (χ2n) is 9.75. The monoisotopic (exact) mass is 437 g/mol. The number of benzene rings is 2. The first kappa shape index (κ1) is 22.6. The average Bonchev–Trinajstić information content (AvgIpc) is 3.17. The molecule has 2 heterocycles. The fourth-order valence-electron chi connectivity index (χ4n) is 4.78. The maximum Gasteiger partial charge on any atom is 0.258 e. The molecule has 0 saturated carbocycles. The Bertz CT molecular complexity index is 994. The van der Waals surface area contributed by atoms with Crippen LogP contribution in [0.1, 0.15) is 66.2 Å². The lowest BCUT2D eigenvalue weighted by atomic mass is 9.98. The molecule has 1 saturated heterocycles. The van der Waals surface area contributed by atoms with Crippen molar-refractivity contribution in [1.29, 1.82) is 0 Å². The molecule has 1 amide bonds. The number of amides is 1. The van der Waals surface area contributed by atoms with Gasteiger partial charge in [0.25, 0.3) is 5.91 Å². The number of hydrogen-bond acceptors (Lipinski definition) is 5. The molecule has 0 spiro atoms. The number of piperazine rings is 1. The number of hydrogen-bond donors (Lipinski definition) is 2. The maximum absolute atomic E-state index is 13.2. The van der Waals surface area contributed by atoms with Crippen molar-refractivity contribution < 1.29 is 15.0 Å². The summed E-state index contributed by atoms with van der Waals surface area (Å²) in [4.78, 5) is 20.0. The molecule has 2 aliphatic rings. The summed E-state index contributed by atoms with van der Waals surface area (Å²) < 4.78 is 0. The molecule has 0 unspecified atom stereocenters. The number of rotatable bonds is 5. The maximum atomic E-state index is 13.2. The summed E-state index contributed by atoms with van der Waals surface area (Å²) in [6.07, 6.45) is 0. The van der Waals surface area contributed by atoms with Gasteiger partial charge in [-0.1, -0.05) is 32.0 Å². The third-order valence-corrected chi connectivity index (χ3v) is 6.82. The highest BCUT2D eigenvalue weighted by Crippen LogP contribution is 2.34. The summed E-state index contributed by atoms with van der Waals surface area (Å²) in [7, 11) is 0. The first-order valence-electron chi connectivity index (χ1n) is 11.6. The van der Waals surface area contributed by atoms with Gasteiger partial charge in [-0.2, -0.15) is 0 Å². The first-order chi connectivity index (χ1) is 15.2. The van der Waals surface area contributed by atoms with Gasteiger partial charge >= 0.3 is 0 Å². The highest BCUT2D eigenvalue weighted by atomic mass is 16.3. The summed E-state index contributed by atoms with van der Waals surface area (Å²) in [6, 6.07) is 10.1. The minimum atomic E-state index is -0.202. The molecule has 6 nitrogen and oxygen atoms in total. The molecular weight excluding hydrogens is 402 g/mol. The zero-order valence-corrected chi connectivity index (χ0v) is 19.6. The molecule has 4 rings (SSSR count). The van der Waals surface area contributed by atoms with Gasteiger partial charge in [0, 0.05) is 57.9 Å². The SMILES string of the molecule is CC(C)c1cc(C(=O)N2Cc3ccc(CN4CCN(C(C)C)CC4)cc3C2)c(O)cc1O. The Morgan fingerprint density at radius 2 is 1.59 bits per heavy atom. The van der Waals surface area contributed by atoms with Gasteiger partial charge in [-0.25, -0.2) is 0 Å². The Kier molecular flexibility index (Phi) is 6.45. The van der Waals surface area contributed by atoms with E-state index >= 15 is 0 Å². The average molecular weight is 438 g/mol. The minimum absolute atomic E-state index is 0.0256. The zero-order chi connectivity index (χ0) is 23.0. The number of aromatic hydroxyl groups is 2. The van der Waals surface area contributed by atoms with Crippen LogP contribution in [-0.4, -0.2) is 63.0 Å².